The van der Waals surface area contributed by atoms with Crippen molar-refractivity contribution in [1.82, 2.24) is 0 Å². The van der Waals surface area contributed by atoms with E-state index in [1.807, 2.05) is 0 Å². The second-order valence-electron chi connectivity index (χ2n) is 3.32. The second-order valence-corrected chi connectivity index (χ2v) is 3.32. The molecule has 0 unspecified atom stereocenters. The first kappa shape index (κ1) is 11.8. The second kappa shape index (κ2) is 5.11. The molecular weight excluding hydrogens is 238 g/mol. The molecule has 7 nitrogen and oxygen atoms in total. The van der Waals surface area contributed by atoms with Gasteiger partial charge in [-0.1, -0.05) is 11.2 Å². The zero-order valence-corrected chi connectivity index (χ0v) is 9.49. The van der Waals surface area contributed by atoms with Gasteiger partial charge in [0.25, 0.3) is 0 Å². The molecule has 0 saturated heterocycles. The number of carbonyl (C=O) groups is 1. The van der Waals surface area contributed by atoms with E-state index < -0.39 is 5.97 Å². The molecule has 7 heteroatoms. The van der Waals surface area contributed by atoms with Gasteiger partial charge in [-0.3, -0.25) is 0 Å². The van der Waals surface area contributed by atoms with Gasteiger partial charge in [0.1, 0.15) is 5.70 Å². The minimum atomic E-state index is -0.703. The summed E-state index contributed by atoms with van der Waals surface area (Å²) in [5.41, 5.74) is 8.90. The van der Waals surface area contributed by atoms with Crippen molar-refractivity contribution >= 4 is 12.0 Å². The summed E-state index contributed by atoms with van der Waals surface area (Å²) in [6.45, 7) is 0.169. The number of nitrogens with zero attached hydrogens (tertiary/aromatic N) is 3. The van der Waals surface area contributed by atoms with Gasteiger partial charge in [0.15, 0.2) is 11.5 Å². The van der Waals surface area contributed by atoms with Crippen LogP contribution in [0, 0.1) is 0 Å². The zero-order valence-electron chi connectivity index (χ0n) is 9.49. The van der Waals surface area contributed by atoms with Gasteiger partial charge in [-0.05, 0) is 29.3 Å². The minimum Gasteiger partial charge on any atom is -0.466 e. The zero-order chi connectivity index (χ0) is 13.0. The molecule has 0 radical (unpaired) electrons. The summed E-state index contributed by atoms with van der Waals surface area (Å²) in [4.78, 5) is 13.9. The fourth-order valence-electron chi connectivity index (χ4n) is 1.44. The molecule has 0 aromatic heterocycles. The van der Waals surface area contributed by atoms with Crippen LogP contribution >= 0.6 is 0 Å². The van der Waals surface area contributed by atoms with Crippen LogP contribution in [-0.2, 0) is 9.53 Å². The molecule has 18 heavy (non-hydrogen) atoms. The van der Waals surface area contributed by atoms with Crippen LogP contribution in [0.3, 0.4) is 0 Å². The lowest BCUT2D eigenvalue weighted by Crippen LogP contribution is -2.01. The van der Waals surface area contributed by atoms with Crippen LogP contribution in [0.1, 0.15) is 5.56 Å². The Morgan fingerprint density at radius 2 is 2.28 bits per heavy atom. The molecule has 1 aromatic rings. The summed E-state index contributed by atoms with van der Waals surface area (Å²) in [5, 5.41) is 3.28. The van der Waals surface area contributed by atoms with Gasteiger partial charge in [-0.2, -0.15) is 0 Å². The van der Waals surface area contributed by atoms with E-state index in [9.17, 15) is 4.79 Å². The Hall–Kier alpha value is -2.66. The normalized spacial score (nSPS) is 12.8. The maximum Gasteiger partial charge on any atom is 0.340 e. The number of hydrogen-bond acceptors (Lipinski definition) is 5. The van der Waals surface area contributed by atoms with Crippen molar-refractivity contribution in [1.29, 1.82) is 0 Å². The largest absolute Gasteiger partial charge is 0.466 e. The Morgan fingerprint density at radius 3 is 3.00 bits per heavy atom. The van der Waals surface area contributed by atoms with E-state index in [-0.39, 0.29) is 12.5 Å². The van der Waals surface area contributed by atoms with E-state index in [2.05, 4.69) is 14.8 Å². The average Bonchev–Trinajstić information content (AvgIpc) is 2.84. The smallest absolute Gasteiger partial charge is 0.340 e. The van der Waals surface area contributed by atoms with Gasteiger partial charge in [0.2, 0.25) is 6.79 Å². The summed E-state index contributed by atoms with van der Waals surface area (Å²) < 4.78 is 14.9. The maximum atomic E-state index is 11.3. The third-order valence-electron chi connectivity index (χ3n) is 2.25. The molecule has 2 rings (SSSR count). The highest BCUT2D eigenvalue weighted by Crippen LogP contribution is 2.33. The molecule has 92 valence electrons. The van der Waals surface area contributed by atoms with Crippen molar-refractivity contribution in [3.63, 3.8) is 0 Å². The number of carbonyl (C=O) groups excluding carboxylic acids is 1. The molecule has 0 bridgehead atoms. The number of fused-ring (bicyclic) bond motifs is 1. The molecular formula is C11H9N3O4. The van der Waals surface area contributed by atoms with Crippen LogP contribution < -0.4 is 9.47 Å². The van der Waals surface area contributed by atoms with Crippen LogP contribution in [0.4, 0.5) is 0 Å². The third kappa shape index (κ3) is 2.36. The maximum absolute atomic E-state index is 11.3. The van der Waals surface area contributed by atoms with Crippen molar-refractivity contribution in [2.75, 3.05) is 13.9 Å². The molecule has 1 aliphatic rings. The first-order chi connectivity index (χ1) is 8.74. The number of hydrogen-bond donors (Lipinski definition) is 0. The molecule has 0 N–H and O–H groups in total. The van der Waals surface area contributed by atoms with Crippen molar-refractivity contribution in [2.24, 2.45) is 5.11 Å². The van der Waals surface area contributed by atoms with E-state index >= 15 is 0 Å². The number of esters is 1. The van der Waals surface area contributed by atoms with Gasteiger partial charge in [0, 0.05) is 4.91 Å². The summed E-state index contributed by atoms with van der Waals surface area (Å²) in [5.74, 6) is 0.509. The fraction of sp³-hybridized carbons (Fsp3) is 0.182. The first-order valence-corrected chi connectivity index (χ1v) is 4.99. The van der Waals surface area contributed by atoms with E-state index in [4.69, 9.17) is 15.0 Å². The van der Waals surface area contributed by atoms with Crippen LogP contribution in [0.5, 0.6) is 11.5 Å². The SMILES string of the molecule is COC(=O)/C(=C/c1ccc2c(c1)OCO2)N=[N+]=[N-]. The molecule has 1 aliphatic heterocycles. The number of benzene rings is 1. The highest BCUT2D eigenvalue weighted by atomic mass is 16.7. The Kier molecular flexibility index (Phi) is 3.36. The lowest BCUT2D eigenvalue weighted by molar-refractivity contribution is -0.136. The first-order valence-electron chi connectivity index (χ1n) is 4.99. The fourth-order valence-corrected chi connectivity index (χ4v) is 1.44. The molecule has 0 amide bonds. The molecule has 1 heterocycles. The molecule has 0 spiro atoms. The molecule has 0 fully saturated rings. The summed E-state index contributed by atoms with van der Waals surface area (Å²) >= 11 is 0. The lowest BCUT2D eigenvalue weighted by Gasteiger charge is -2.00. The Morgan fingerprint density at radius 1 is 1.50 bits per heavy atom. The Balaban J connectivity index is 2.35. The predicted molar refractivity (Wildman–Crippen MR) is 61.7 cm³/mol. The van der Waals surface area contributed by atoms with Crippen molar-refractivity contribution in [3.05, 3.63) is 39.9 Å². The van der Waals surface area contributed by atoms with Crippen molar-refractivity contribution in [2.45, 2.75) is 0 Å². The monoisotopic (exact) mass is 247 g/mol. The molecule has 0 aliphatic carbocycles. The van der Waals surface area contributed by atoms with Crippen LogP contribution in [0.15, 0.2) is 29.0 Å². The highest BCUT2D eigenvalue weighted by Gasteiger charge is 2.13. The highest BCUT2D eigenvalue weighted by molar-refractivity contribution is 5.93. The van der Waals surface area contributed by atoms with Gasteiger partial charge in [0.05, 0.1) is 7.11 Å². The number of methoxy groups -OCH3 is 1. The van der Waals surface area contributed by atoms with Gasteiger partial charge < -0.3 is 14.2 Å². The molecule has 1 aromatic carbocycles. The molecule has 0 atom stereocenters. The van der Waals surface area contributed by atoms with Crippen LogP contribution in [0.25, 0.3) is 16.5 Å². The number of rotatable bonds is 3. The molecule has 0 saturated carbocycles. The minimum absolute atomic E-state index is 0.126. The van der Waals surface area contributed by atoms with Crippen LogP contribution in [0.2, 0.25) is 0 Å². The predicted octanol–water partition coefficient (Wildman–Crippen LogP) is 2.24. The number of azide groups is 1. The van der Waals surface area contributed by atoms with Gasteiger partial charge in [-0.25, -0.2) is 4.79 Å². The standard InChI is InChI=1S/C11H9N3O4/c1-16-11(15)8(13-14-12)4-7-2-3-9-10(5-7)18-6-17-9/h2-5H,6H2,1H3/b8-4-. The van der Waals surface area contributed by atoms with Crippen molar-refractivity contribution < 1.29 is 19.0 Å². The Labute approximate surface area is 102 Å². The summed E-state index contributed by atoms with van der Waals surface area (Å²) in [7, 11) is 1.21. The van der Waals surface area contributed by atoms with Gasteiger partial charge >= 0.3 is 5.97 Å². The van der Waals surface area contributed by atoms with E-state index in [1.54, 1.807) is 18.2 Å². The van der Waals surface area contributed by atoms with E-state index in [0.29, 0.717) is 17.1 Å². The number of ether oxygens (including phenoxy) is 3. The van der Waals surface area contributed by atoms with Crippen LogP contribution in [-0.4, -0.2) is 19.9 Å². The summed E-state index contributed by atoms with van der Waals surface area (Å²) in [6.07, 6.45) is 1.41. The summed E-state index contributed by atoms with van der Waals surface area (Å²) in [6, 6.07) is 5.10. The van der Waals surface area contributed by atoms with E-state index in [1.165, 1.54) is 13.2 Å². The van der Waals surface area contributed by atoms with E-state index in [0.717, 1.165) is 0 Å². The quantitative estimate of drug-likeness (QED) is 0.269. The Bertz CT molecular complexity index is 561. The van der Waals surface area contributed by atoms with Crippen molar-refractivity contribution in [3.8, 4) is 11.5 Å². The lowest BCUT2D eigenvalue weighted by atomic mass is 10.1. The topological polar surface area (TPSA) is 93.5 Å². The third-order valence-corrected chi connectivity index (χ3v) is 2.25. The average molecular weight is 247 g/mol. The van der Waals surface area contributed by atoms with Gasteiger partial charge in [-0.15, -0.1) is 0 Å².